The maximum absolute atomic E-state index is 11.5. The highest BCUT2D eigenvalue weighted by Crippen LogP contribution is 2.33. The molecule has 0 saturated carbocycles. The Morgan fingerprint density at radius 1 is 1.53 bits per heavy atom. The first-order valence-corrected chi connectivity index (χ1v) is 7.39. The van der Waals surface area contributed by atoms with E-state index in [9.17, 15) is 4.79 Å². The first-order valence-electron chi connectivity index (χ1n) is 6.62. The molecule has 19 heavy (non-hydrogen) atoms. The Balaban J connectivity index is 2.15. The van der Waals surface area contributed by atoms with Crippen LogP contribution >= 0.6 is 11.5 Å². The summed E-state index contributed by atoms with van der Waals surface area (Å²) in [4.78, 5) is 16.1. The predicted octanol–water partition coefficient (Wildman–Crippen LogP) is 0.745. The van der Waals surface area contributed by atoms with Crippen LogP contribution in [0, 0.1) is 0 Å². The van der Waals surface area contributed by atoms with Crippen LogP contribution in [-0.4, -0.2) is 47.4 Å². The van der Waals surface area contributed by atoms with E-state index in [2.05, 4.69) is 28.0 Å². The lowest BCUT2D eigenvalue weighted by molar-refractivity contribution is 0.100. The van der Waals surface area contributed by atoms with Crippen LogP contribution in [0.5, 0.6) is 0 Å². The van der Waals surface area contributed by atoms with Gasteiger partial charge in [-0.15, -0.1) is 0 Å². The van der Waals surface area contributed by atoms with Gasteiger partial charge in [-0.05, 0) is 31.0 Å². The summed E-state index contributed by atoms with van der Waals surface area (Å²) >= 11 is 1.26. The zero-order valence-corrected chi connectivity index (χ0v) is 12.2. The third kappa shape index (κ3) is 2.66. The van der Waals surface area contributed by atoms with Crippen LogP contribution in [0.25, 0.3) is 0 Å². The van der Waals surface area contributed by atoms with Gasteiger partial charge in [0.15, 0.2) is 5.82 Å². The highest BCUT2D eigenvalue weighted by molar-refractivity contribution is 7.11. The topological polar surface area (TPSA) is 88.5 Å². The van der Waals surface area contributed by atoms with Gasteiger partial charge in [-0.1, -0.05) is 13.8 Å². The number of rotatable bonds is 5. The zero-order chi connectivity index (χ0) is 14.0. The number of amides is 1. The van der Waals surface area contributed by atoms with Crippen LogP contribution in [0.4, 0.5) is 10.8 Å². The van der Waals surface area contributed by atoms with Gasteiger partial charge in [0.05, 0.1) is 0 Å². The Labute approximate surface area is 117 Å². The molecule has 1 fully saturated rings. The van der Waals surface area contributed by atoms with Crippen molar-refractivity contribution in [2.45, 2.75) is 26.3 Å². The zero-order valence-electron chi connectivity index (χ0n) is 11.4. The molecule has 1 aromatic rings. The van der Waals surface area contributed by atoms with Crippen molar-refractivity contribution in [3.8, 4) is 0 Å². The highest BCUT2D eigenvalue weighted by Gasteiger charge is 2.30. The summed E-state index contributed by atoms with van der Waals surface area (Å²) in [6.45, 7) is 8.26. The van der Waals surface area contributed by atoms with Crippen molar-refractivity contribution < 1.29 is 4.79 Å². The predicted molar refractivity (Wildman–Crippen MR) is 78.6 cm³/mol. The van der Waals surface area contributed by atoms with Gasteiger partial charge in [0.1, 0.15) is 10.6 Å². The van der Waals surface area contributed by atoms with E-state index in [-0.39, 0.29) is 5.82 Å². The van der Waals surface area contributed by atoms with Crippen molar-refractivity contribution >= 4 is 28.3 Å². The Morgan fingerprint density at radius 2 is 2.21 bits per heavy atom. The fourth-order valence-electron chi connectivity index (χ4n) is 2.71. The molecule has 1 aliphatic rings. The van der Waals surface area contributed by atoms with E-state index in [1.807, 2.05) is 0 Å². The molecule has 1 aromatic heterocycles. The van der Waals surface area contributed by atoms with E-state index in [1.54, 1.807) is 0 Å². The highest BCUT2D eigenvalue weighted by atomic mass is 32.1. The van der Waals surface area contributed by atoms with Crippen molar-refractivity contribution in [1.82, 2.24) is 9.27 Å². The molecule has 1 aliphatic heterocycles. The fourth-order valence-corrected chi connectivity index (χ4v) is 3.56. The number of nitrogens with zero attached hydrogens (tertiary/aromatic N) is 3. The summed E-state index contributed by atoms with van der Waals surface area (Å²) < 4.78 is 4.06. The Kier molecular flexibility index (Phi) is 4.26. The minimum absolute atomic E-state index is 0.249. The van der Waals surface area contributed by atoms with Gasteiger partial charge in [0, 0.05) is 19.1 Å². The van der Waals surface area contributed by atoms with Gasteiger partial charge < -0.3 is 16.4 Å². The minimum atomic E-state index is -0.493. The quantitative estimate of drug-likeness (QED) is 0.832. The number of hydrogen-bond donors (Lipinski definition) is 2. The monoisotopic (exact) mass is 283 g/mol. The molecule has 0 aromatic carbocycles. The summed E-state index contributed by atoms with van der Waals surface area (Å²) in [5.41, 5.74) is 11.5. The molecular formula is C12H21N5OS. The fraction of sp³-hybridized carbons (Fsp3) is 0.667. The first kappa shape index (κ1) is 14.1. The molecule has 0 aliphatic carbocycles. The van der Waals surface area contributed by atoms with Gasteiger partial charge in [-0.3, -0.25) is 9.69 Å². The van der Waals surface area contributed by atoms with Crippen molar-refractivity contribution in [2.24, 2.45) is 5.73 Å². The normalized spacial score (nSPS) is 19.3. The molecule has 0 bridgehead atoms. The second-order valence-corrected chi connectivity index (χ2v) is 5.47. The standard InChI is InChI=1S/C12H21N5OS/c1-3-16(4-2)8-5-6-17(7-8)12-9(11(14)18)10(13)15-19-12/h8H,3-7H2,1-2H3,(H2,13,15)(H2,14,18). The summed E-state index contributed by atoms with van der Waals surface area (Å²) in [5.74, 6) is -0.244. The average Bonchev–Trinajstić information content (AvgIpc) is 2.97. The number of hydrogen-bond acceptors (Lipinski definition) is 6. The molecular weight excluding hydrogens is 262 g/mol. The first-order chi connectivity index (χ1) is 9.08. The maximum Gasteiger partial charge on any atom is 0.255 e. The lowest BCUT2D eigenvalue weighted by atomic mass is 10.2. The van der Waals surface area contributed by atoms with Crippen LogP contribution in [0.2, 0.25) is 0 Å². The van der Waals surface area contributed by atoms with E-state index in [0.717, 1.165) is 37.6 Å². The number of primary amides is 1. The number of nitrogens with two attached hydrogens (primary N) is 2. The lowest BCUT2D eigenvalue weighted by Crippen LogP contribution is -2.37. The molecule has 1 atom stereocenters. The summed E-state index contributed by atoms with van der Waals surface area (Å²) in [6.07, 6.45) is 1.09. The number of carbonyl (C=O) groups is 1. The SMILES string of the molecule is CCN(CC)C1CCN(c2snc(N)c2C(N)=O)C1. The molecule has 6 nitrogen and oxygen atoms in total. The molecule has 7 heteroatoms. The Hall–Kier alpha value is -1.34. The molecule has 0 spiro atoms. The van der Waals surface area contributed by atoms with Crippen molar-refractivity contribution in [3.63, 3.8) is 0 Å². The number of anilines is 2. The lowest BCUT2D eigenvalue weighted by Gasteiger charge is -2.26. The smallest absolute Gasteiger partial charge is 0.255 e. The Bertz CT molecular complexity index is 457. The van der Waals surface area contributed by atoms with Crippen LogP contribution in [-0.2, 0) is 0 Å². The van der Waals surface area contributed by atoms with Gasteiger partial charge in [0.25, 0.3) is 5.91 Å². The third-order valence-corrected chi connectivity index (χ3v) is 4.65. The number of carbonyl (C=O) groups excluding carboxylic acids is 1. The van der Waals surface area contributed by atoms with Crippen LogP contribution in [0.15, 0.2) is 0 Å². The van der Waals surface area contributed by atoms with E-state index in [0.29, 0.717) is 11.6 Å². The van der Waals surface area contributed by atoms with Crippen LogP contribution in [0.1, 0.15) is 30.6 Å². The van der Waals surface area contributed by atoms with E-state index < -0.39 is 5.91 Å². The molecule has 2 heterocycles. The largest absolute Gasteiger partial charge is 0.382 e. The molecule has 4 N–H and O–H groups in total. The number of likely N-dealkylation sites (N-methyl/N-ethyl adjacent to an activating group) is 1. The van der Waals surface area contributed by atoms with E-state index in [4.69, 9.17) is 11.5 Å². The molecule has 1 amide bonds. The van der Waals surface area contributed by atoms with Gasteiger partial charge in [0.2, 0.25) is 0 Å². The van der Waals surface area contributed by atoms with Crippen LogP contribution in [0.3, 0.4) is 0 Å². The molecule has 106 valence electrons. The van der Waals surface area contributed by atoms with Gasteiger partial charge in [-0.2, -0.15) is 4.37 Å². The second kappa shape index (κ2) is 5.75. The molecule has 0 radical (unpaired) electrons. The maximum atomic E-state index is 11.5. The van der Waals surface area contributed by atoms with Crippen molar-refractivity contribution in [2.75, 3.05) is 36.8 Å². The number of aromatic nitrogens is 1. The molecule has 2 rings (SSSR count). The third-order valence-electron chi connectivity index (χ3n) is 3.73. The van der Waals surface area contributed by atoms with Crippen LogP contribution < -0.4 is 16.4 Å². The summed E-state index contributed by atoms with van der Waals surface area (Å²) in [7, 11) is 0. The number of nitrogen functional groups attached to an aromatic ring is 1. The van der Waals surface area contributed by atoms with Crippen molar-refractivity contribution in [3.05, 3.63) is 5.56 Å². The summed E-state index contributed by atoms with van der Waals surface area (Å²) in [6, 6.07) is 0.527. The second-order valence-electron chi connectivity index (χ2n) is 4.72. The van der Waals surface area contributed by atoms with Crippen molar-refractivity contribution in [1.29, 1.82) is 0 Å². The summed E-state index contributed by atoms with van der Waals surface area (Å²) in [5, 5.41) is 0.819. The van der Waals surface area contributed by atoms with Gasteiger partial charge in [-0.25, -0.2) is 0 Å². The van der Waals surface area contributed by atoms with E-state index >= 15 is 0 Å². The Morgan fingerprint density at radius 3 is 2.79 bits per heavy atom. The molecule has 1 saturated heterocycles. The van der Waals surface area contributed by atoms with Gasteiger partial charge >= 0.3 is 0 Å². The minimum Gasteiger partial charge on any atom is -0.382 e. The molecule has 1 unspecified atom stereocenters. The van der Waals surface area contributed by atoms with E-state index in [1.165, 1.54) is 11.5 Å². The average molecular weight is 283 g/mol.